The second kappa shape index (κ2) is 6.83. The molecule has 0 saturated carbocycles. The third-order valence-corrected chi connectivity index (χ3v) is 4.61. The van der Waals surface area contributed by atoms with Crippen LogP contribution in [0.3, 0.4) is 0 Å². The smallest absolute Gasteiger partial charge is 0.346 e. The summed E-state index contributed by atoms with van der Waals surface area (Å²) in [5.74, 6) is -0.839. The first-order valence-corrected chi connectivity index (χ1v) is 7.58. The molecule has 0 atom stereocenters. The fourth-order valence-electron chi connectivity index (χ4n) is 2.09. The molecule has 2 aromatic rings. The van der Waals surface area contributed by atoms with Crippen LogP contribution in [0.1, 0.15) is 22.2 Å². The van der Waals surface area contributed by atoms with Crippen LogP contribution in [0, 0.1) is 0 Å². The van der Waals surface area contributed by atoms with Gasteiger partial charge in [0.1, 0.15) is 4.88 Å². The Morgan fingerprint density at radius 1 is 1.40 bits per heavy atom. The first kappa shape index (κ1) is 15.0. The number of carboxylic acids is 1. The van der Waals surface area contributed by atoms with Gasteiger partial charge in [0.25, 0.3) is 0 Å². The highest BCUT2D eigenvalue weighted by Crippen LogP contribution is 2.31. The van der Waals surface area contributed by atoms with E-state index in [1.165, 1.54) is 11.3 Å². The van der Waals surface area contributed by atoms with Crippen molar-refractivity contribution in [3.8, 4) is 0 Å². The zero-order valence-corrected chi connectivity index (χ0v) is 12.7. The minimum absolute atomic E-state index is 0.447. The molecule has 2 N–H and O–H groups in total. The van der Waals surface area contributed by atoms with Crippen molar-refractivity contribution in [2.75, 3.05) is 26.7 Å². The van der Waals surface area contributed by atoms with Gasteiger partial charge in [-0.1, -0.05) is 25.1 Å². The minimum atomic E-state index is -0.839. The van der Waals surface area contributed by atoms with Crippen molar-refractivity contribution in [3.63, 3.8) is 0 Å². The summed E-state index contributed by atoms with van der Waals surface area (Å²) in [4.78, 5) is 14.0. The average molecular weight is 292 g/mol. The fraction of sp³-hybridized carbons (Fsp3) is 0.400. The maximum atomic E-state index is 11.4. The molecule has 4 nitrogen and oxygen atoms in total. The van der Waals surface area contributed by atoms with Crippen molar-refractivity contribution < 1.29 is 9.90 Å². The number of carbonyl (C=O) groups is 1. The van der Waals surface area contributed by atoms with Crippen LogP contribution in [0.2, 0.25) is 0 Å². The van der Waals surface area contributed by atoms with Crippen molar-refractivity contribution >= 4 is 27.4 Å². The normalized spacial score (nSPS) is 11.3. The van der Waals surface area contributed by atoms with Crippen molar-refractivity contribution in [2.24, 2.45) is 0 Å². The quantitative estimate of drug-likeness (QED) is 0.770. The molecule has 0 spiro atoms. The van der Waals surface area contributed by atoms with Crippen LogP contribution in [0.25, 0.3) is 10.1 Å². The Bertz CT molecular complexity index is 595. The fourth-order valence-corrected chi connectivity index (χ4v) is 3.15. The number of hydrogen-bond donors (Lipinski definition) is 2. The Morgan fingerprint density at radius 3 is 2.85 bits per heavy atom. The Labute approximate surface area is 123 Å². The van der Waals surface area contributed by atoms with Gasteiger partial charge in [-0.3, -0.25) is 0 Å². The first-order valence-electron chi connectivity index (χ1n) is 6.76. The molecule has 0 amide bonds. The average Bonchev–Trinajstić information content (AvgIpc) is 2.82. The third-order valence-electron chi connectivity index (χ3n) is 3.40. The lowest BCUT2D eigenvalue weighted by molar-refractivity contribution is 0.0701. The van der Waals surface area contributed by atoms with E-state index >= 15 is 0 Å². The summed E-state index contributed by atoms with van der Waals surface area (Å²) < 4.78 is 1.03. The summed E-state index contributed by atoms with van der Waals surface area (Å²) >= 11 is 1.35. The van der Waals surface area contributed by atoms with Gasteiger partial charge >= 0.3 is 5.97 Å². The van der Waals surface area contributed by atoms with E-state index in [4.69, 9.17) is 0 Å². The second-order valence-corrected chi connectivity index (χ2v) is 5.84. The lowest BCUT2D eigenvalue weighted by Crippen LogP contribution is -2.29. The van der Waals surface area contributed by atoms with Gasteiger partial charge in [0.15, 0.2) is 0 Å². The number of nitrogens with one attached hydrogen (secondary N) is 1. The van der Waals surface area contributed by atoms with Crippen molar-refractivity contribution in [1.29, 1.82) is 0 Å². The van der Waals surface area contributed by atoms with Crippen LogP contribution in [-0.4, -0.2) is 42.7 Å². The largest absolute Gasteiger partial charge is 0.477 e. The van der Waals surface area contributed by atoms with E-state index in [1.807, 2.05) is 24.3 Å². The SMILES string of the molecule is CCN(C)CCNCc1c(C(=O)O)sc2ccccc12. The van der Waals surface area contributed by atoms with Crippen LogP contribution in [0.5, 0.6) is 0 Å². The number of fused-ring (bicyclic) bond motifs is 1. The zero-order valence-electron chi connectivity index (χ0n) is 11.8. The number of carboxylic acid groups (broad SMARTS) is 1. The highest BCUT2D eigenvalue weighted by molar-refractivity contribution is 7.21. The molecule has 1 aromatic heterocycles. The number of thiophene rings is 1. The summed E-state index contributed by atoms with van der Waals surface area (Å²) in [6.45, 7) is 5.55. The molecule has 0 fully saturated rings. The van der Waals surface area contributed by atoms with Gasteiger partial charge in [-0.05, 0) is 30.6 Å². The predicted molar refractivity (Wildman–Crippen MR) is 83.7 cm³/mol. The molecule has 0 unspecified atom stereocenters. The molecule has 0 aliphatic carbocycles. The Hall–Kier alpha value is -1.43. The van der Waals surface area contributed by atoms with E-state index in [9.17, 15) is 9.90 Å². The Kier molecular flexibility index (Phi) is 5.11. The van der Waals surface area contributed by atoms with E-state index in [1.54, 1.807) is 0 Å². The number of hydrogen-bond acceptors (Lipinski definition) is 4. The van der Waals surface area contributed by atoms with E-state index in [0.717, 1.165) is 35.3 Å². The molecule has 0 aliphatic heterocycles. The van der Waals surface area contributed by atoms with Crippen molar-refractivity contribution in [2.45, 2.75) is 13.5 Å². The van der Waals surface area contributed by atoms with Gasteiger partial charge in [0.05, 0.1) is 0 Å². The molecular weight excluding hydrogens is 272 g/mol. The highest BCUT2D eigenvalue weighted by Gasteiger charge is 2.16. The maximum Gasteiger partial charge on any atom is 0.346 e. The van der Waals surface area contributed by atoms with Gasteiger partial charge < -0.3 is 15.3 Å². The third kappa shape index (κ3) is 3.36. The lowest BCUT2D eigenvalue weighted by Gasteiger charge is -2.14. The highest BCUT2D eigenvalue weighted by atomic mass is 32.1. The molecule has 0 bridgehead atoms. The van der Waals surface area contributed by atoms with Crippen LogP contribution < -0.4 is 5.32 Å². The van der Waals surface area contributed by atoms with Crippen LogP contribution in [0.15, 0.2) is 24.3 Å². The molecule has 1 aromatic carbocycles. The summed E-state index contributed by atoms with van der Waals surface area (Å²) in [6.07, 6.45) is 0. The van der Waals surface area contributed by atoms with Gasteiger partial charge in [-0.25, -0.2) is 4.79 Å². The molecule has 108 valence electrons. The number of benzene rings is 1. The van der Waals surface area contributed by atoms with Crippen LogP contribution >= 0.6 is 11.3 Å². The van der Waals surface area contributed by atoms with Crippen LogP contribution in [-0.2, 0) is 6.54 Å². The molecule has 2 rings (SSSR count). The van der Waals surface area contributed by atoms with Crippen molar-refractivity contribution in [3.05, 3.63) is 34.7 Å². The second-order valence-electron chi connectivity index (χ2n) is 4.78. The van der Waals surface area contributed by atoms with Gasteiger partial charge in [0.2, 0.25) is 0 Å². The summed E-state index contributed by atoms with van der Waals surface area (Å²) in [7, 11) is 2.07. The van der Waals surface area contributed by atoms with Crippen LogP contribution in [0.4, 0.5) is 0 Å². The standard InChI is InChI=1S/C15H20N2O2S/c1-3-17(2)9-8-16-10-12-11-6-4-5-7-13(11)20-14(12)15(18)19/h4-7,16H,3,8-10H2,1-2H3,(H,18,19). The minimum Gasteiger partial charge on any atom is -0.477 e. The van der Waals surface area contributed by atoms with E-state index < -0.39 is 5.97 Å². The molecule has 20 heavy (non-hydrogen) atoms. The number of rotatable bonds is 7. The lowest BCUT2D eigenvalue weighted by atomic mass is 10.1. The van der Waals surface area contributed by atoms with Crippen molar-refractivity contribution in [1.82, 2.24) is 10.2 Å². The number of likely N-dealkylation sites (N-methyl/N-ethyl adjacent to an activating group) is 1. The zero-order chi connectivity index (χ0) is 14.5. The van der Waals surface area contributed by atoms with Gasteiger partial charge in [0, 0.05) is 24.3 Å². The molecule has 0 radical (unpaired) electrons. The molecule has 5 heteroatoms. The van der Waals surface area contributed by atoms with E-state index in [2.05, 4.69) is 24.2 Å². The molecular formula is C15H20N2O2S. The summed E-state index contributed by atoms with van der Waals surface area (Å²) in [5.41, 5.74) is 0.900. The molecule has 0 aliphatic rings. The van der Waals surface area contributed by atoms with E-state index in [0.29, 0.717) is 11.4 Å². The summed E-state index contributed by atoms with van der Waals surface area (Å²) in [5, 5.41) is 13.7. The molecule has 1 heterocycles. The van der Waals surface area contributed by atoms with E-state index in [-0.39, 0.29) is 0 Å². The number of aromatic carboxylic acids is 1. The van der Waals surface area contributed by atoms with Gasteiger partial charge in [-0.15, -0.1) is 11.3 Å². The topological polar surface area (TPSA) is 52.6 Å². The first-order chi connectivity index (χ1) is 9.63. The molecule has 0 saturated heterocycles. The summed E-state index contributed by atoms with van der Waals surface area (Å²) in [6, 6.07) is 7.86. The monoisotopic (exact) mass is 292 g/mol. The maximum absolute atomic E-state index is 11.4. The Morgan fingerprint density at radius 2 is 2.15 bits per heavy atom. The Balaban J connectivity index is 2.11. The predicted octanol–water partition coefficient (Wildman–Crippen LogP) is 2.64. The van der Waals surface area contributed by atoms with Gasteiger partial charge in [-0.2, -0.15) is 0 Å². The number of nitrogens with zero attached hydrogens (tertiary/aromatic N) is 1.